The standard InChI is InChI=1S/C11H9FN2O3/c1-8(15)13-7-3-5-9-4-2-6-10(11(9)12)14(16)17/h2,4,6H,7H2,1H3,(H,13,15). The molecule has 0 atom stereocenters. The molecule has 0 radical (unpaired) electrons. The summed E-state index contributed by atoms with van der Waals surface area (Å²) in [6.45, 7) is 1.40. The van der Waals surface area contributed by atoms with E-state index in [1.165, 1.54) is 19.1 Å². The summed E-state index contributed by atoms with van der Waals surface area (Å²) in [7, 11) is 0. The van der Waals surface area contributed by atoms with E-state index in [0.717, 1.165) is 6.07 Å². The molecule has 0 bridgehead atoms. The van der Waals surface area contributed by atoms with Crippen molar-refractivity contribution < 1.29 is 14.1 Å². The molecule has 0 spiro atoms. The lowest BCUT2D eigenvalue weighted by atomic mass is 10.2. The van der Waals surface area contributed by atoms with Gasteiger partial charge in [-0.05, 0) is 6.07 Å². The number of nitrogens with zero attached hydrogens (tertiary/aromatic N) is 1. The van der Waals surface area contributed by atoms with Crippen molar-refractivity contribution in [3.8, 4) is 11.8 Å². The Morgan fingerprint density at radius 3 is 2.88 bits per heavy atom. The topological polar surface area (TPSA) is 72.2 Å². The smallest absolute Gasteiger partial charge is 0.306 e. The molecule has 1 rings (SSSR count). The Morgan fingerprint density at radius 1 is 1.59 bits per heavy atom. The van der Waals surface area contributed by atoms with Gasteiger partial charge in [0.15, 0.2) is 0 Å². The number of nitrogens with one attached hydrogen (secondary N) is 1. The fourth-order valence-electron chi connectivity index (χ4n) is 1.07. The third kappa shape index (κ3) is 3.57. The van der Waals surface area contributed by atoms with Gasteiger partial charge in [0.2, 0.25) is 11.7 Å². The summed E-state index contributed by atoms with van der Waals surface area (Å²) in [6, 6.07) is 3.75. The van der Waals surface area contributed by atoms with Crippen LogP contribution in [0.4, 0.5) is 10.1 Å². The fraction of sp³-hybridized carbons (Fsp3) is 0.182. The molecular formula is C11H9FN2O3. The fourth-order valence-corrected chi connectivity index (χ4v) is 1.07. The highest BCUT2D eigenvalue weighted by molar-refractivity contribution is 5.73. The lowest BCUT2D eigenvalue weighted by molar-refractivity contribution is -0.387. The number of nitro groups is 1. The first kappa shape index (κ1) is 12.6. The van der Waals surface area contributed by atoms with Gasteiger partial charge in [-0.2, -0.15) is 4.39 Å². The number of carbonyl (C=O) groups is 1. The first-order valence-corrected chi connectivity index (χ1v) is 4.68. The second-order valence-corrected chi connectivity index (χ2v) is 3.11. The van der Waals surface area contributed by atoms with Crippen molar-refractivity contribution in [1.82, 2.24) is 5.32 Å². The Balaban J connectivity index is 2.88. The second-order valence-electron chi connectivity index (χ2n) is 3.11. The predicted molar refractivity (Wildman–Crippen MR) is 58.6 cm³/mol. The van der Waals surface area contributed by atoms with Crippen LogP contribution in [0.25, 0.3) is 0 Å². The number of amides is 1. The third-order valence-electron chi connectivity index (χ3n) is 1.82. The Kier molecular flexibility index (Phi) is 4.17. The average molecular weight is 236 g/mol. The van der Waals surface area contributed by atoms with Crippen molar-refractivity contribution in [3.05, 3.63) is 39.7 Å². The lowest BCUT2D eigenvalue weighted by Gasteiger charge is -1.96. The Labute approximate surface area is 96.8 Å². The van der Waals surface area contributed by atoms with Crippen LogP contribution in [-0.4, -0.2) is 17.4 Å². The molecule has 0 aliphatic heterocycles. The van der Waals surface area contributed by atoms with Crippen LogP contribution in [0, 0.1) is 27.8 Å². The highest BCUT2D eigenvalue weighted by atomic mass is 19.1. The van der Waals surface area contributed by atoms with Crippen molar-refractivity contribution in [1.29, 1.82) is 0 Å². The van der Waals surface area contributed by atoms with Crippen LogP contribution in [0.15, 0.2) is 18.2 Å². The van der Waals surface area contributed by atoms with Gasteiger partial charge < -0.3 is 5.32 Å². The van der Waals surface area contributed by atoms with Gasteiger partial charge in [0, 0.05) is 13.0 Å². The van der Waals surface area contributed by atoms with E-state index in [-0.39, 0.29) is 18.0 Å². The third-order valence-corrected chi connectivity index (χ3v) is 1.82. The highest BCUT2D eigenvalue weighted by Gasteiger charge is 2.15. The van der Waals surface area contributed by atoms with Crippen LogP contribution in [0.1, 0.15) is 12.5 Å². The molecule has 0 saturated carbocycles. The molecule has 0 aromatic heterocycles. The van der Waals surface area contributed by atoms with E-state index in [0.29, 0.717) is 0 Å². The Hall–Kier alpha value is -2.42. The summed E-state index contributed by atoms with van der Waals surface area (Å²) < 4.78 is 13.5. The maximum atomic E-state index is 13.5. The van der Waals surface area contributed by atoms with E-state index < -0.39 is 16.4 Å². The van der Waals surface area contributed by atoms with Crippen LogP contribution in [0.5, 0.6) is 0 Å². The molecule has 0 fully saturated rings. The molecule has 0 aliphatic carbocycles. The van der Waals surface area contributed by atoms with Gasteiger partial charge in [-0.1, -0.05) is 17.9 Å². The first-order valence-electron chi connectivity index (χ1n) is 4.68. The Bertz CT molecular complexity index is 517. The molecule has 1 N–H and O–H groups in total. The van der Waals surface area contributed by atoms with Gasteiger partial charge in [0.25, 0.3) is 0 Å². The van der Waals surface area contributed by atoms with E-state index in [9.17, 15) is 19.3 Å². The van der Waals surface area contributed by atoms with Crippen molar-refractivity contribution in [2.24, 2.45) is 0 Å². The zero-order chi connectivity index (χ0) is 12.8. The second kappa shape index (κ2) is 5.61. The summed E-state index contributed by atoms with van der Waals surface area (Å²) in [4.78, 5) is 20.2. The largest absolute Gasteiger partial charge is 0.345 e. The number of hydrogen-bond donors (Lipinski definition) is 1. The lowest BCUT2D eigenvalue weighted by Crippen LogP contribution is -2.19. The minimum atomic E-state index is -0.965. The number of rotatable bonds is 2. The predicted octanol–water partition coefficient (Wildman–Crippen LogP) is 1.22. The summed E-state index contributed by atoms with van der Waals surface area (Å²) >= 11 is 0. The minimum Gasteiger partial charge on any atom is -0.345 e. The monoisotopic (exact) mass is 236 g/mol. The molecule has 0 saturated heterocycles. The van der Waals surface area contributed by atoms with Crippen LogP contribution in [0.3, 0.4) is 0 Å². The maximum absolute atomic E-state index is 13.5. The van der Waals surface area contributed by atoms with E-state index in [1.54, 1.807) is 0 Å². The van der Waals surface area contributed by atoms with E-state index in [2.05, 4.69) is 17.2 Å². The van der Waals surface area contributed by atoms with Crippen LogP contribution in [0.2, 0.25) is 0 Å². The summed E-state index contributed by atoms with van der Waals surface area (Å²) in [5.41, 5.74) is -0.680. The molecule has 5 nitrogen and oxygen atoms in total. The van der Waals surface area contributed by atoms with Crippen molar-refractivity contribution in [2.45, 2.75) is 6.92 Å². The van der Waals surface area contributed by atoms with Gasteiger partial charge >= 0.3 is 5.69 Å². The van der Waals surface area contributed by atoms with Gasteiger partial charge in [-0.3, -0.25) is 14.9 Å². The van der Waals surface area contributed by atoms with E-state index in [1.807, 2.05) is 0 Å². The Morgan fingerprint density at radius 2 is 2.29 bits per heavy atom. The number of benzene rings is 1. The SMILES string of the molecule is CC(=O)NCC#Cc1cccc([N+](=O)[O-])c1F. The number of nitro benzene ring substituents is 1. The molecule has 6 heteroatoms. The minimum absolute atomic E-state index is 0.0652. The van der Waals surface area contributed by atoms with Crippen molar-refractivity contribution >= 4 is 11.6 Å². The quantitative estimate of drug-likeness (QED) is 0.476. The van der Waals surface area contributed by atoms with Gasteiger partial charge in [0.1, 0.15) is 0 Å². The highest BCUT2D eigenvalue weighted by Crippen LogP contribution is 2.19. The van der Waals surface area contributed by atoms with Crippen LogP contribution in [-0.2, 0) is 4.79 Å². The molecule has 17 heavy (non-hydrogen) atoms. The summed E-state index contributed by atoms with van der Waals surface area (Å²) in [5.74, 6) is 3.70. The normalized spacial score (nSPS) is 9.06. The summed E-state index contributed by atoms with van der Waals surface area (Å²) in [6.07, 6.45) is 0. The van der Waals surface area contributed by atoms with Crippen LogP contribution >= 0.6 is 0 Å². The molecule has 1 aromatic carbocycles. The zero-order valence-corrected chi connectivity index (χ0v) is 8.99. The molecular weight excluding hydrogens is 227 g/mol. The average Bonchev–Trinajstić information content (AvgIpc) is 2.25. The molecule has 1 amide bonds. The molecule has 88 valence electrons. The molecule has 0 aliphatic rings. The maximum Gasteiger partial charge on any atom is 0.306 e. The van der Waals surface area contributed by atoms with Gasteiger partial charge in [0.05, 0.1) is 17.0 Å². The molecule has 0 heterocycles. The van der Waals surface area contributed by atoms with Crippen LogP contribution < -0.4 is 5.32 Å². The van der Waals surface area contributed by atoms with Gasteiger partial charge in [-0.25, -0.2) is 0 Å². The number of hydrogen-bond acceptors (Lipinski definition) is 3. The van der Waals surface area contributed by atoms with E-state index in [4.69, 9.17) is 0 Å². The van der Waals surface area contributed by atoms with Crippen molar-refractivity contribution in [2.75, 3.05) is 6.54 Å². The molecule has 0 unspecified atom stereocenters. The molecule has 1 aromatic rings. The summed E-state index contributed by atoms with van der Waals surface area (Å²) in [5, 5.41) is 12.9. The van der Waals surface area contributed by atoms with E-state index >= 15 is 0 Å². The van der Waals surface area contributed by atoms with Crippen molar-refractivity contribution in [3.63, 3.8) is 0 Å². The first-order chi connectivity index (χ1) is 8.02. The number of carbonyl (C=O) groups excluding carboxylic acids is 1. The number of halogens is 1. The zero-order valence-electron chi connectivity index (χ0n) is 8.99. The van der Waals surface area contributed by atoms with Gasteiger partial charge in [-0.15, -0.1) is 0 Å².